The number of hydrogen-bond donors (Lipinski definition) is 2. The molecule has 6 nitrogen and oxygen atoms in total. The third-order valence-electron chi connectivity index (χ3n) is 5.64. The molecule has 3 N–H and O–H groups in total. The summed E-state index contributed by atoms with van der Waals surface area (Å²) in [7, 11) is 1.81. The maximum absolute atomic E-state index is 12.2. The highest BCUT2D eigenvalue weighted by Gasteiger charge is 2.30. The van der Waals surface area contributed by atoms with Crippen molar-refractivity contribution >= 4 is 17.6 Å². The second kappa shape index (κ2) is 10.3. The summed E-state index contributed by atoms with van der Waals surface area (Å²) in [5.41, 5.74) is 5.97. The molecular formula is C20H35N3O3. The number of allylic oxidation sites excluding steroid dienone is 1. The Balaban J connectivity index is 2.63. The maximum Gasteiger partial charge on any atom is 0.287 e. The molecule has 2 unspecified atom stereocenters. The molecule has 0 aliphatic heterocycles. The fourth-order valence-corrected chi connectivity index (χ4v) is 3.36. The van der Waals surface area contributed by atoms with Crippen LogP contribution >= 0.6 is 0 Å². The topological polar surface area (TPSA) is 92.5 Å². The van der Waals surface area contributed by atoms with Crippen molar-refractivity contribution in [1.29, 1.82) is 0 Å². The first-order valence-electron chi connectivity index (χ1n) is 9.66. The van der Waals surface area contributed by atoms with E-state index in [0.29, 0.717) is 24.8 Å². The number of hydrogen-bond acceptors (Lipinski definition) is 4. The van der Waals surface area contributed by atoms with Gasteiger partial charge in [0.1, 0.15) is 0 Å². The van der Waals surface area contributed by atoms with Crippen molar-refractivity contribution in [1.82, 2.24) is 10.2 Å². The number of amides is 2. The average molecular weight is 366 g/mol. The number of primary amides is 1. The van der Waals surface area contributed by atoms with Gasteiger partial charge in [0, 0.05) is 26.2 Å². The van der Waals surface area contributed by atoms with Gasteiger partial charge in [-0.1, -0.05) is 46.1 Å². The van der Waals surface area contributed by atoms with E-state index < -0.39 is 17.7 Å². The number of nitrogens with two attached hydrogens (primary N) is 1. The predicted molar refractivity (Wildman–Crippen MR) is 103 cm³/mol. The SMILES string of the molecule is C=C(NC(CC1CCC1)C(=O)C(N)=O)C(C)C[C@@H](CC)CN(C)C(C)=O. The zero-order valence-electron chi connectivity index (χ0n) is 16.7. The summed E-state index contributed by atoms with van der Waals surface area (Å²) in [4.78, 5) is 36.7. The zero-order chi connectivity index (χ0) is 19.9. The Labute approximate surface area is 157 Å². The van der Waals surface area contributed by atoms with Gasteiger partial charge in [-0.3, -0.25) is 14.4 Å². The van der Waals surface area contributed by atoms with Crippen LogP contribution in [0.25, 0.3) is 0 Å². The van der Waals surface area contributed by atoms with E-state index in [9.17, 15) is 14.4 Å². The molecule has 0 aromatic rings. The molecule has 2 amide bonds. The van der Waals surface area contributed by atoms with Gasteiger partial charge < -0.3 is 16.0 Å². The Morgan fingerprint density at radius 2 is 1.92 bits per heavy atom. The molecule has 0 aromatic heterocycles. The van der Waals surface area contributed by atoms with Gasteiger partial charge in [-0.25, -0.2) is 0 Å². The first-order chi connectivity index (χ1) is 12.1. The molecule has 1 rings (SSSR count). The van der Waals surface area contributed by atoms with Gasteiger partial charge in [0.25, 0.3) is 5.91 Å². The standard InChI is InChI=1S/C20H35N3O3/c1-6-16(12-23(5)15(4)24)10-13(2)14(3)22-18(19(25)20(21)26)11-17-8-7-9-17/h13,16-18,22H,3,6-12H2,1-2,4-5H3,(H2,21,26)/t13?,16-,18?/m1/s1. The molecule has 3 atom stereocenters. The number of nitrogens with one attached hydrogen (secondary N) is 1. The molecule has 6 heteroatoms. The van der Waals surface area contributed by atoms with Gasteiger partial charge >= 0.3 is 0 Å². The Hall–Kier alpha value is -1.85. The van der Waals surface area contributed by atoms with Crippen molar-refractivity contribution in [2.24, 2.45) is 23.5 Å². The van der Waals surface area contributed by atoms with Gasteiger partial charge in [-0.05, 0) is 30.6 Å². The van der Waals surface area contributed by atoms with Gasteiger partial charge in [0.05, 0.1) is 6.04 Å². The molecule has 1 fully saturated rings. The second-order valence-electron chi connectivity index (χ2n) is 7.79. The molecule has 1 saturated carbocycles. The molecule has 0 radical (unpaired) electrons. The third-order valence-corrected chi connectivity index (χ3v) is 5.64. The largest absolute Gasteiger partial charge is 0.378 e. The number of rotatable bonds is 12. The van der Waals surface area contributed by atoms with E-state index in [1.807, 2.05) is 7.05 Å². The van der Waals surface area contributed by atoms with Gasteiger partial charge in [0.2, 0.25) is 11.7 Å². The molecule has 0 spiro atoms. The number of carbonyl (C=O) groups is 3. The fraction of sp³-hybridized carbons (Fsp3) is 0.750. The van der Waals surface area contributed by atoms with E-state index in [-0.39, 0.29) is 11.8 Å². The van der Waals surface area contributed by atoms with Crippen LogP contribution in [0, 0.1) is 17.8 Å². The lowest BCUT2D eigenvalue weighted by atomic mass is 9.80. The Bertz CT molecular complexity index is 528. The maximum atomic E-state index is 12.2. The minimum Gasteiger partial charge on any atom is -0.378 e. The third kappa shape index (κ3) is 6.81. The van der Waals surface area contributed by atoms with Crippen LogP contribution in [0.1, 0.15) is 59.3 Å². The first kappa shape index (κ1) is 22.2. The van der Waals surface area contributed by atoms with Crippen LogP contribution in [0.15, 0.2) is 12.3 Å². The Kier molecular flexibility index (Phi) is 8.82. The van der Waals surface area contributed by atoms with E-state index in [4.69, 9.17) is 5.73 Å². The lowest BCUT2D eigenvalue weighted by Crippen LogP contribution is -2.45. The quantitative estimate of drug-likeness (QED) is 0.519. The molecular weight excluding hydrogens is 330 g/mol. The molecule has 1 aliphatic carbocycles. The zero-order valence-corrected chi connectivity index (χ0v) is 16.7. The smallest absolute Gasteiger partial charge is 0.287 e. The Morgan fingerprint density at radius 1 is 1.31 bits per heavy atom. The molecule has 0 aromatic carbocycles. The molecule has 148 valence electrons. The molecule has 0 bridgehead atoms. The van der Waals surface area contributed by atoms with Crippen LogP contribution in [-0.2, 0) is 14.4 Å². The minimum absolute atomic E-state index is 0.0562. The van der Waals surface area contributed by atoms with Gasteiger partial charge in [-0.2, -0.15) is 0 Å². The summed E-state index contributed by atoms with van der Waals surface area (Å²) in [6, 6.07) is -0.576. The minimum atomic E-state index is -0.892. The summed E-state index contributed by atoms with van der Waals surface area (Å²) in [5, 5.41) is 3.18. The number of Topliss-reactive ketones (excluding diaryl/α,β-unsaturated/α-hetero) is 1. The average Bonchev–Trinajstić information content (AvgIpc) is 2.54. The number of ketones is 1. The van der Waals surface area contributed by atoms with Crippen LogP contribution in [0.3, 0.4) is 0 Å². The van der Waals surface area contributed by atoms with E-state index >= 15 is 0 Å². The lowest BCUT2D eigenvalue weighted by molar-refractivity contribution is -0.137. The van der Waals surface area contributed by atoms with Crippen molar-refractivity contribution in [3.05, 3.63) is 12.3 Å². The predicted octanol–water partition coefficient (Wildman–Crippen LogP) is 2.23. The van der Waals surface area contributed by atoms with Gasteiger partial charge in [0.15, 0.2) is 0 Å². The summed E-state index contributed by atoms with van der Waals surface area (Å²) in [6.45, 7) is 10.5. The van der Waals surface area contributed by atoms with Crippen LogP contribution in [0.2, 0.25) is 0 Å². The van der Waals surface area contributed by atoms with Crippen LogP contribution in [-0.4, -0.2) is 42.1 Å². The van der Waals surface area contributed by atoms with E-state index in [1.54, 1.807) is 11.8 Å². The van der Waals surface area contributed by atoms with Crippen molar-refractivity contribution in [3.63, 3.8) is 0 Å². The van der Waals surface area contributed by atoms with Crippen LogP contribution in [0.5, 0.6) is 0 Å². The normalized spacial score (nSPS) is 17.5. The van der Waals surface area contributed by atoms with Gasteiger partial charge in [-0.15, -0.1) is 0 Å². The van der Waals surface area contributed by atoms with E-state index in [2.05, 4.69) is 25.7 Å². The summed E-state index contributed by atoms with van der Waals surface area (Å²) in [6.07, 6.45) is 5.84. The number of carbonyl (C=O) groups excluding carboxylic acids is 3. The fourth-order valence-electron chi connectivity index (χ4n) is 3.36. The monoisotopic (exact) mass is 365 g/mol. The highest BCUT2D eigenvalue weighted by atomic mass is 16.2. The molecule has 0 heterocycles. The van der Waals surface area contributed by atoms with E-state index in [0.717, 1.165) is 31.4 Å². The highest BCUT2D eigenvalue weighted by Crippen LogP contribution is 2.31. The summed E-state index contributed by atoms with van der Waals surface area (Å²) < 4.78 is 0. The van der Waals surface area contributed by atoms with Crippen molar-refractivity contribution in [2.75, 3.05) is 13.6 Å². The summed E-state index contributed by atoms with van der Waals surface area (Å²) in [5.74, 6) is -0.433. The van der Waals surface area contributed by atoms with Crippen molar-refractivity contribution in [3.8, 4) is 0 Å². The highest BCUT2D eigenvalue weighted by molar-refractivity contribution is 6.37. The Morgan fingerprint density at radius 3 is 2.35 bits per heavy atom. The second-order valence-corrected chi connectivity index (χ2v) is 7.79. The van der Waals surface area contributed by atoms with Crippen molar-refractivity contribution < 1.29 is 14.4 Å². The lowest BCUT2D eigenvalue weighted by Gasteiger charge is -2.31. The number of nitrogens with zero attached hydrogens (tertiary/aromatic N) is 1. The van der Waals surface area contributed by atoms with Crippen LogP contribution in [0.4, 0.5) is 0 Å². The van der Waals surface area contributed by atoms with E-state index in [1.165, 1.54) is 6.42 Å². The first-order valence-corrected chi connectivity index (χ1v) is 9.66. The molecule has 0 saturated heterocycles. The summed E-state index contributed by atoms with van der Waals surface area (Å²) >= 11 is 0. The van der Waals surface area contributed by atoms with Crippen LogP contribution < -0.4 is 11.1 Å². The molecule has 1 aliphatic rings. The molecule has 26 heavy (non-hydrogen) atoms. The van der Waals surface area contributed by atoms with Crippen molar-refractivity contribution in [2.45, 2.75) is 65.3 Å².